The van der Waals surface area contributed by atoms with Crippen LogP contribution in [-0.2, 0) is 0 Å². The Morgan fingerprint density at radius 2 is 2.18 bits per heavy atom. The lowest BCUT2D eigenvalue weighted by Crippen LogP contribution is -2.41. The maximum Gasteiger partial charge on any atom is 0.251 e. The molecule has 6 nitrogen and oxygen atoms in total. The first-order valence-corrected chi connectivity index (χ1v) is 7.47. The number of benzene rings is 1. The average molecular weight is 301 g/mol. The fourth-order valence-corrected chi connectivity index (χ4v) is 2.43. The molecule has 6 heteroatoms. The Kier molecular flexibility index (Phi) is 5.27. The Balaban J connectivity index is 2.13. The van der Waals surface area contributed by atoms with Crippen LogP contribution in [0.3, 0.4) is 0 Å². The second kappa shape index (κ2) is 7.17. The lowest BCUT2D eigenvalue weighted by molar-refractivity contribution is 0.0933. The van der Waals surface area contributed by atoms with Crippen molar-refractivity contribution in [3.05, 3.63) is 42.0 Å². The van der Waals surface area contributed by atoms with Gasteiger partial charge in [0.2, 0.25) is 0 Å². The molecule has 0 bridgehead atoms. The number of nitrogens with zero attached hydrogens (tertiary/aromatic N) is 3. The largest absolute Gasteiger partial charge is 0.348 e. The van der Waals surface area contributed by atoms with Crippen molar-refractivity contribution in [2.45, 2.75) is 33.2 Å². The van der Waals surface area contributed by atoms with E-state index in [0.717, 1.165) is 17.7 Å². The van der Waals surface area contributed by atoms with Gasteiger partial charge in [-0.15, -0.1) is 0 Å². The predicted octanol–water partition coefficient (Wildman–Crippen LogP) is 1.68. The summed E-state index contributed by atoms with van der Waals surface area (Å²) in [5.74, 6) is 0.406. The first-order chi connectivity index (χ1) is 10.5. The van der Waals surface area contributed by atoms with Gasteiger partial charge < -0.3 is 11.1 Å². The molecule has 22 heavy (non-hydrogen) atoms. The van der Waals surface area contributed by atoms with Gasteiger partial charge in [-0.25, -0.2) is 9.67 Å². The molecule has 3 N–H and O–H groups in total. The first kappa shape index (κ1) is 16.2. The number of aryl methyl sites for hydroxylation is 1. The number of amides is 1. The van der Waals surface area contributed by atoms with Crippen LogP contribution in [0.2, 0.25) is 0 Å². The number of hydrogen-bond acceptors (Lipinski definition) is 4. The number of carbonyl (C=O) groups excluding carboxylic acids is 1. The highest BCUT2D eigenvalue weighted by atomic mass is 16.1. The van der Waals surface area contributed by atoms with Gasteiger partial charge in [0.15, 0.2) is 0 Å². The van der Waals surface area contributed by atoms with Crippen LogP contribution < -0.4 is 11.1 Å². The molecule has 0 saturated heterocycles. The van der Waals surface area contributed by atoms with Crippen molar-refractivity contribution in [2.75, 3.05) is 6.54 Å². The van der Waals surface area contributed by atoms with Crippen LogP contribution in [0.5, 0.6) is 0 Å². The molecule has 1 atom stereocenters. The summed E-state index contributed by atoms with van der Waals surface area (Å²) < 4.78 is 1.66. The van der Waals surface area contributed by atoms with Crippen molar-refractivity contribution < 1.29 is 4.79 Å². The number of aromatic nitrogens is 3. The minimum Gasteiger partial charge on any atom is -0.348 e. The molecule has 0 aliphatic heterocycles. The molecule has 2 aromatic rings. The SMILES string of the molecule is Cc1cc(-n2cncn2)ccc1C(=O)NC(CN)CC(C)C. The molecule has 0 spiro atoms. The molecule has 1 aromatic carbocycles. The summed E-state index contributed by atoms with van der Waals surface area (Å²) in [5.41, 5.74) is 8.17. The van der Waals surface area contributed by atoms with Crippen molar-refractivity contribution in [3.8, 4) is 5.69 Å². The summed E-state index contributed by atoms with van der Waals surface area (Å²) in [7, 11) is 0. The van der Waals surface area contributed by atoms with E-state index < -0.39 is 0 Å². The summed E-state index contributed by atoms with van der Waals surface area (Å²) in [6, 6.07) is 5.59. The Labute approximate surface area is 130 Å². The number of rotatable bonds is 6. The van der Waals surface area contributed by atoms with E-state index in [-0.39, 0.29) is 11.9 Å². The predicted molar refractivity (Wildman–Crippen MR) is 85.9 cm³/mol. The van der Waals surface area contributed by atoms with Gasteiger partial charge in [-0.2, -0.15) is 5.10 Å². The third kappa shape index (κ3) is 3.92. The molecule has 0 radical (unpaired) electrons. The lowest BCUT2D eigenvalue weighted by atomic mass is 10.0. The van der Waals surface area contributed by atoms with Crippen molar-refractivity contribution >= 4 is 5.91 Å². The second-order valence-corrected chi connectivity index (χ2v) is 5.87. The second-order valence-electron chi connectivity index (χ2n) is 5.87. The number of hydrogen-bond donors (Lipinski definition) is 2. The van der Waals surface area contributed by atoms with Crippen molar-refractivity contribution in [1.82, 2.24) is 20.1 Å². The monoisotopic (exact) mass is 301 g/mol. The Hall–Kier alpha value is -2.21. The van der Waals surface area contributed by atoms with Gasteiger partial charge in [-0.05, 0) is 43.0 Å². The summed E-state index contributed by atoms with van der Waals surface area (Å²) in [6.07, 6.45) is 3.98. The molecule has 1 amide bonds. The highest BCUT2D eigenvalue weighted by Gasteiger charge is 2.15. The minimum atomic E-state index is -0.0845. The molecule has 118 valence electrons. The first-order valence-electron chi connectivity index (χ1n) is 7.47. The number of nitrogens with one attached hydrogen (secondary N) is 1. The molecule has 1 unspecified atom stereocenters. The van der Waals surface area contributed by atoms with Crippen molar-refractivity contribution in [1.29, 1.82) is 0 Å². The quantitative estimate of drug-likeness (QED) is 0.850. The molecule has 0 fully saturated rings. The molecular formula is C16H23N5O. The van der Waals surface area contributed by atoms with Crippen LogP contribution in [0.15, 0.2) is 30.9 Å². The summed E-state index contributed by atoms with van der Waals surface area (Å²) >= 11 is 0. The van der Waals surface area contributed by atoms with E-state index in [1.54, 1.807) is 11.0 Å². The van der Waals surface area contributed by atoms with Gasteiger partial charge in [0.25, 0.3) is 5.91 Å². The molecule has 0 aliphatic carbocycles. The van der Waals surface area contributed by atoms with Gasteiger partial charge in [-0.1, -0.05) is 13.8 Å². The zero-order valence-corrected chi connectivity index (χ0v) is 13.3. The van der Waals surface area contributed by atoms with Crippen LogP contribution in [0.25, 0.3) is 5.69 Å². The van der Waals surface area contributed by atoms with E-state index in [2.05, 4.69) is 29.2 Å². The Bertz CT molecular complexity index is 621. The minimum absolute atomic E-state index is 0.00175. The zero-order chi connectivity index (χ0) is 16.1. The summed E-state index contributed by atoms with van der Waals surface area (Å²) in [5, 5.41) is 7.10. The lowest BCUT2D eigenvalue weighted by Gasteiger charge is -2.19. The molecule has 0 saturated carbocycles. The van der Waals surface area contributed by atoms with Crippen molar-refractivity contribution in [2.24, 2.45) is 11.7 Å². The number of carbonyl (C=O) groups is 1. The van der Waals surface area contributed by atoms with E-state index in [0.29, 0.717) is 18.0 Å². The van der Waals surface area contributed by atoms with Crippen LogP contribution in [0, 0.1) is 12.8 Å². The van der Waals surface area contributed by atoms with Gasteiger partial charge in [0.1, 0.15) is 12.7 Å². The van der Waals surface area contributed by atoms with E-state index >= 15 is 0 Å². The summed E-state index contributed by atoms with van der Waals surface area (Å²) in [4.78, 5) is 16.3. The van der Waals surface area contributed by atoms with E-state index in [9.17, 15) is 4.79 Å². The molecule has 1 heterocycles. The standard InChI is InChI=1S/C16H23N5O/c1-11(2)6-13(8-17)20-16(22)15-5-4-14(7-12(15)3)21-10-18-9-19-21/h4-5,7,9-11,13H,6,8,17H2,1-3H3,(H,20,22). The Morgan fingerprint density at radius 3 is 2.73 bits per heavy atom. The summed E-state index contributed by atoms with van der Waals surface area (Å²) in [6.45, 7) is 6.59. The van der Waals surface area contributed by atoms with Gasteiger partial charge in [0, 0.05) is 18.2 Å². The van der Waals surface area contributed by atoms with Crippen LogP contribution >= 0.6 is 0 Å². The van der Waals surface area contributed by atoms with Crippen LogP contribution in [0.1, 0.15) is 36.2 Å². The third-order valence-corrected chi connectivity index (χ3v) is 3.51. The fourth-order valence-electron chi connectivity index (χ4n) is 2.43. The van der Waals surface area contributed by atoms with E-state index in [1.165, 1.54) is 6.33 Å². The fraction of sp³-hybridized carbons (Fsp3) is 0.438. The van der Waals surface area contributed by atoms with Crippen LogP contribution in [0.4, 0.5) is 0 Å². The zero-order valence-electron chi connectivity index (χ0n) is 13.3. The Morgan fingerprint density at radius 1 is 1.41 bits per heavy atom. The van der Waals surface area contributed by atoms with Crippen LogP contribution in [-0.4, -0.2) is 33.3 Å². The molecular weight excluding hydrogens is 278 g/mol. The highest BCUT2D eigenvalue weighted by Crippen LogP contribution is 2.14. The normalized spacial score (nSPS) is 12.4. The topological polar surface area (TPSA) is 85.8 Å². The van der Waals surface area contributed by atoms with E-state index in [1.807, 2.05) is 25.1 Å². The third-order valence-electron chi connectivity index (χ3n) is 3.51. The molecule has 0 aliphatic rings. The van der Waals surface area contributed by atoms with Gasteiger partial charge >= 0.3 is 0 Å². The maximum absolute atomic E-state index is 12.4. The van der Waals surface area contributed by atoms with Gasteiger partial charge in [0.05, 0.1) is 5.69 Å². The molecule has 1 aromatic heterocycles. The average Bonchev–Trinajstić information content (AvgIpc) is 2.99. The van der Waals surface area contributed by atoms with Crippen molar-refractivity contribution in [3.63, 3.8) is 0 Å². The smallest absolute Gasteiger partial charge is 0.251 e. The van der Waals surface area contributed by atoms with E-state index in [4.69, 9.17) is 5.73 Å². The molecule has 2 rings (SSSR count). The van der Waals surface area contributed by atoms with Gasteiger partial charge in [-0.3, -0.25) is 4.79 Å². The highest BCUT2D eigenvalue weighted by molar-refractivity contribution is 5.96. The maximum atomic E-state index is 12.4. The number of nitrogens with two attached hydrogens (primary N) is 1.